The number of rotatable bonds is 6. The predicted octanol–water partition coefficient (Wildman–Crippen LogP) is 3.00. The molecule has 0 aliphatic carbocycles. The van der Waals surface area contributed by atoms with Gasteiger partial charge in [0, 0.05) is 74.7 Å². The molecule has 3 aliphatic heterocycles. The third kappa shape index (κ3) is 5.71. The number of benzene rings is 2. The van der Waals surface area contributed by atoms with E-state index in [4.69, 9.17) is 9.72 Å². The van der Waals surface area contributed by atoms with Gasteiger partial charge in [0.2, 0.25) is 5.91 Å². The highest BCUT2D eigenvalue weighted by atomic mass is 16.5. The van der Waals surface area contributed by atoms with Crippen LogP contribution in [0, 0.1) is 6.92 Å². The van der Waals surface area contributed by atoms with Gasteiger partial charge in [0.05, 0.1) is 24.9 Å². The Morgan fingerprint density at radius 2 is 1.83 bits per heavy atom. The summed E-state index contributed by atoms with van der Waals surface area (Å²) in [4.78, 5) is 39.4. The molecule has 0 saturated carbocycles. The lowest BCUT2D eigenvalue weighted by Gasteiger charge is -2.39. The van der Waals surface area contributed by atoms with Gasteiger partial charge in [-0.05, 0) is 49.6 Å². The fourth-order valence-electron chi connectivity index (χ4n) is 6.48. The van der Waals surface area contributed by atoms with E-state index in [1.54, 1.807) is 0 Å². The summed E-state index contributed by atoms with van der Waals surface area (Å²) in [6, 6.07) is 14.8. The minimum Gasteiger partial charge on any atom is -0.374 e. The first-order valence-electron chi connectivity index (χ1n) is 14.9. The molecule has 1 atom stereocenters. The number of carbonyl (C=O) groups excluding carboxylic acids is 2. The van der Waals surface area contributed by atoms with E-state index in [9.17, 15) is 9.59 Å². The maximum absolute atomic E-state index is 13.5. The van der Waals surface area contributed by atoms with Crippen LogP contribution in [0.1, 0.15) is 27.3 Å². The first-order valence-corrected chi connectivity index (χ1v) is 14.9. The SMILES string of the molecule is C=CC(=O)N1CCN(c2cc(C(=O)NC[C@@H]3CN(C)CCO3)nc3c2CCN(c2cccc4cccc(C)c24)C3)CC1. The lowest BCUT2D eigenvalue weighted by molar-refractivity contribution is -0.126. The van der Waals surface area contributed by atoms with Crippen LogP contribution in [0.4, 0.5) is 11.4 Å². The summed E-state index contributed by atoms with van der Waals surface area (Å²) in [7, 11) is 2.07. The highest BCUT2D eigenvalue weighted by molar-refractivity contribution is 5.97. The molecule has 9 heteroatoms. The van der Waals surface area contributed by atoms with Gasteiger partial charge < -0.3 is 29.7 Å². The van der Waals surface area contributed by atoms with Gasteiger partial charge in [0.1, 0.15) is 5.69 Å². The molecule has 0 spiro atoms. The molecule has 1 aromatic heterocycles. The number of carbonyl (C=O) groups is 2. The lowest BCUT2D eigenvalue weighted by Crippen LogP contribution is -2.49. The van der Waals surface area contributed by atoms with E-state index in [0.29, 0.717) is 51.6 Å². The van der Waals surface area contributed by atoms with E-state index < -0.39 is 0 Å². The van der Waals surface area contributed by atoms with Crippen LogP contribution in [0.5, 0.6) is 0 Å². The molecule has 4 heterocycles. The summed E-state index contributed by atoms with van der Waals surface area (Å²) in [6.45, 7) is 12.7. The quantitative estimate of drug-likeness (QED) is 0.458. The zero-order chi connectivity index (χ0) is 29.2. The van der Waals surface area contributed by atoms with Crippen molar-refractivity contribution >= 4 is 34.0 Å². The number of nitrogens with zero attached hydrogens (tertiary/aromatic N) is 5. The third-order valence-electron chi connectivity index (χ3n) is 8.76. The van der Waals surface area contributed by atoms with Crippen molar-refractivity contribution < 1.29 is 14.3 Å². The predicted molar refractivity (Wildman–Crippen MR) is 166 cm³/mol. The molecule has 2 saturated heterocycles. The minimum absolute atomic E-state index is 0.0367. The number of hydrogen-bond acceptors (Lipinski definition) is 7. The minimum atomic E-state index is -0.186. The molecule has 2 fully saturated rings. The van der Waals surface area contributed by atoms with Crippen LogP contribution in [0.2, 0.25) is 0 Å². The maximum Gasteiger partial charge on any atom is 0.270 e. The number of amides is 2. The number of aryl methyl sites for hydroxylation is 1. The van der Waals surface area contributed by atoms with Crippen LogP contribution in [0.25, 0.3) is 10.8 Å². The summed E-state index contributed by atoms with van der Waals surface area (Å²) in [5.74, 6) is -0.224. The summed E-state index contributed by atoms with van der Waals surface area (Å²) in [5.41, 5.74) is 6.06. The Kier molecular flexibility index (Phi) is 8.13. The normalized spacial score (nSPS) is 19.5. The van der Waals surface area contributed by atoms with Crippen LogP contribution in [0.3, 0.4) is 0 Å². The molecule has 3 aromatic rings. The van der Waals surface area contributed by atoms with Gasteiger partial charge in [-0.15, -0.1) is 0 Å². The van der Waals surface area contributed by atoms with E-state index in [-0.39, 0.29) is 17.9 Å². The van der Waals surface area contributed by atoms with Crippen LogP contribution < -0.4 is 15.1 Å². The Bertz CT molecular complexity index is 1490. The lowest BCUT2D eigenvalue weighted by atomic mass is 9.97. The monoisotopic (exact) mass is 568 g/mol. The summed E-state index contributed by atoms with van der Waals surface area (Å²) in [5, 5.41) is 5.57. The zero-order valence-electron chi connectivity index (χ0n) is 24.6. The van der Waals surface area contributed by atoms with Crippen molar-refractivity contribution in [3.8, 4) is 0 Å². The number of fused-ring (bicyclic) bond motifs is 2. The largest absolute Gasteiger partial charge is 0.374 e. The zero-order valence-corrected chi connectivity index (χ0v) is 24.6. The third-order valence-corrected chi connectivity index (χ3v) is 8.76. The van der Waals surface area contributed by atoms with Crippen LogP contribution in [0.15, 0.2) is 55.1 Å². The van der Waals surface area contributed by atoms with E-state index >= 15 is 0 Å². The molecule has 0 unspecified atom stereocenters. The number of anilines is 2. The summed E-state index contributed by atoms with van der Waals surface area (Å²) >= 11 is 0. The van der Waals surface area contributed by atoms with Gasteiger partial charge in [-0.1, -0.05) is 36.9 Å². The molecule has 2 aromatic carbocycles. The molecule has 3 aliphatic rings. The van der Waals surface area contributed by atoms with E-state index in [1.165, 1.54) is 33.7 Å². The Hall–Kier alpha value is -3.95. The average molecular weight is 569 g/mol. The number of ether oxygens (including phenoxy) is 1. The number of hydrogen-bond donors (Lipinski definition) is 1. The standard InChI is InChI=1S/C33H40N6O3/c1-4-31(40)38-15-13-37(14-16-38)30-19-27(33(41)34-20-25-21-36(3)17-18-42-25)35-28-22-39(12-11-26(28)30)29-10-6-9-24-8-5-7-23(2)32(24)29/h4-10,19,25H,1,11-18,20-22H2,2-3H3,(H,34,41)/t25-/m1/s1. The van der Waals surface area contributed by atoms with Crippen molar-refractivity contribution in [3.63, 3.8) is 0 Å². The number of piperazine rings is 1. The van der Waals surface area contributed by atoms with Gasteiger partial charge in [0.15, 0.2) is 0 Å². The molecule has 6 rings (SSSR count). The Morgan fingerprint density at radius 3 is 2.60 bits per heavy atom. The first kappa shape index (κ1) is 28.2. The fourth-order valence-corrected chi connectivity index (χ4v) is 6.48. The van der Waals surface area contributed by atoms with Crippen LogP contribution in [-0.4, -0.2) is 98.7 Å². The van der Waals surface area contributed by atoms with Crippen molar-refractivity contribution in [3.05, 3.63) is 77.6 Å². The molecule has 2 amide bonds. The molecular weight excluding hydrogens is 528 g/mol. The molecular formula is C33H40N6O3. The van der Waals surface area contributed by atoms with Crippen LogP contribution >= 0.6 is 0 Å². The Labute approximate surface area is 247 Å². The summed E-state index contributed by atoms with van der Waals surface area (Å²) in [6.07, 6.45) is 2.17. The number of nitrogens with one attached hydrogen (secondary N) is 1. The fraction of sp³-hybridized carbons (Fsp3) is 0.424. The average Bonchev–Trinajstić information content (AvgIpc) is 3.02. The van der Waals surface area contributed by atoms with E-state index in [2.05, 4.69) is 77.0 Å². The van der Waals surface area contributed by atoms with Crippen molar-refractivity contribution in [2.45, 2.75) is 26.0 Å². The highest BCUT2D eigenvalue weighted by Gasteiger charge is 2.29. The molecule has 0 bridgehead atoms. The van der Waals surface area contributed by atoms with Gasteiger partial charge in [0.25, 0.3) is 5.91 Å². The number of morpholine rings is 1. The van der Waals surface area contributed by atoms with Gasteiger partial charge in [-0.25, -0.2) is 4.98 Å². The molecule has 220 valence electrons. The van der Waals surface area contributed by atoms with Crippen LogP contribution in [-0.2, 0) is 22.5 Å². The molecule has 0 radical (unpaired) electrons. The molecule has 1 N–H and O–H groups in total. The second-order valence-corrected chi connectivity index (χ2v) is 11.6. The Balaban J connectivity index is 1.30. The van der Waals surface area contributed by atoms with Gasteiger partial charge in [-0.3, -0.25) is 9.59 Å². The van der Waals surface area contributed by atoms with E-state index in [0.717, 1.165) is 37.4 Å². The first-order chi connectivity index (χ1) is 20.4. The second-order valence-electron chi connectivity index (χ2n) is 11.6. The summed E-state index contributed by atoms with van der Waals surface area (Å²) < 4.78 is 5.86. The van der Waals surface area contributed by atoms with Crippen molar-refractivity contribution in [1.82, 2.24) is 20.1 Å². The maximum atomic E-state index is 13.5. The van der Waals surface area contributed by atoms with Crippen molar-refractivity contribution in [2.75, 3.05) is 75.8 Å². The molecule has 42 heavy (non-hydrogen) atoms. The smallest absolute Gasteiger partial charge is 0.270 e. The van der Waals surface area contributed by atoms with Crippen molar-refractivity contribution in [1.29, 1.82) is 0 Å². The number of pyridine rings is 1. The topological polar surface area (TPSA) is 81.2 Å². The molecule has 9 nitrogen and oxygen atoms in total. The van der Waals surface area contributed by atoms with E-state index in [1.807, 2.05) is 11.0 Å². The number of aromatic nitrogens is 1. The second kappa shape index (κ2) is 12.1. The number of likely N-dealkylation sites (N-methyl/N-ethyl adjacent to an activating group) is 1. The highest BCUT2D eigenvalue weighted by Crippen LogP contribution is 2.35. The van der Waals surface area contributed by atoms with Crippen molar-refractivity contribution in [2.24, 2.45) is 0 Å². The van der Waals surface area contributed by atoms with Gasteiger partial charge in [-0.2, -0.15) is 0 Å². The Morgan fingerprint density at radius 1 is 1.05 bits per heavy atom. The van der Waals surface area contributed by atoms with Gasteiger partial charge >= 0.3 is 0 Å².